The average molecular weight is 322 g/mol. The van der Waals surface area contributed by atoms with Gasteiger partial charge >= 0.3 is 0 Å². The summed E-state index contributed by atoms with van der Waals surface area (Å²) in [5, 5.41) is 13.5. The van der Waals surface area contributed by atoms with Crippen LogP contribution in [0, 0.1) is 0 Å². The number of carbonyl (C=O) groups excluding carboxylic acids is 1. The van der Waals surface area contributed by atoms with Crippen LogP contribution in [0.15, 0.2) is 41.7 Å². The molecule has 5 nitrogen and oxygen atoms in total. The molecule has 2 aromatic rings. The number of amides is 1. The summed E-state index contributed by atoms with van der Waals surface area (Å²) in [6, 6.07) is 4.17. The van der Waals surface area contributed by atoms with Gasteiger partial charge in [-0.3, -0.25) is 4.79 Å². The van der Waals surface area contributed by atoms with Gasteiger partial charge < -0.3 is 9.88 Å². The van der Waals surface area contributed by atoms with Gasteiger partial charge in [-0.25, -0.2) is 0 Å². The van der Waals surface area contributed by atoms with Crippen LogP contribution in [0.2, 0.25) is 0 Å². The van der Waals surface area contributed by atoms with E-state index in [9.17, 15) is 4.79 Å². The Labute approximate surface area is 132 Å². The summed E-state index contributed by atoms with van der Waals surface area (Å²) in [6.45, 7) is 6.74. The van der Waals surface area contributed by atoms with Gasteiger partial charge in [0.25, 0.3) is 0 Å². The lowest BCUT2D eigenvalue weighted by Crippen LogP contribution is -2.31. The molecule has 2 heterocycles. The van der Waals surface area contributed by atoms with Crippen molar-refractivity contribution in [3.8, 4) is 0 Å². The first kappa shape index (κ1) is 15.8. The van der Waals surface area contributed by atoms with Gasteiger partial charge in [-0.1, -0.05) is 23.9 Å². The molecule has 0 radical (unpaired) electrons. The molecule has 0 saturated carbocycles. The lowest BCUT2D eigenvalue weighted by molar-refractivity contribution is -0.120. The maximum absolute atomic E-state index is 11.8. The molecule has 1 N–H and O–H groups in total. The maximum atomic E-state index is 11.8. The first-order chi connectivity index (χ1) is 10.2. The first-order valence-electron chi connectivity index (χ1n) is 6.66. The summed E-state index contributed by atoms with van der Waals surface area (Å²) in [6.07, 6.45) is 4.32. The summed E-state index contributed by atoms with van der Waals surface area (Å²) < 4.78 is 1.99. The zero-order valence-electron chi connectivity index (χ0n) is 11.9. The summed E-state index contributed by atoms with van der Waals surface area (Å²) >= 11 is 3.16. The largest absolute Gasteiger partial charge is 0.352 e. The van der Waals surface area contributed by atoms with Crippen LogP contribution >= 0.6 is 23.1 Å². The van der Waals surface area contributed by atoms with Crippen LogP contribution in [0.1, 0.15) is 11.8 Å². The van der Waals surface area contributed by atoms with Crippen molar-refractivity contribution in [2.45, 2.75) is 30.3 Å². The van der Waals surface area contributed by atoms with E-state index in [1.54, 1.807) is 23.7 Å². The number of aryl methyl sites for hydroxylation is 2. The molecule has 112 valence electrons. The number of rotatable bonds is 8. The smallest absolute Gasteiger partial charge is 0.233 e. The van der Waals surface area contributed by atoms with Gasteiger partial charge in [-0.15, -0.1) is 28.1 Å². The fourth-order valence-corrected chi connectivity index (χ4v) is 3.28. The first-order valence-corrected chi connectivity index (χ1v) is 8.42. The molecule has 0 saturated heterocycles. The number of thiophene rings is 1. The van der Waals surface area contributed by atoms with Gasteiger partial charge in [0.15, 0.2) is 5.16 Å². The lowest BCUT2D eigenvalue weighted by Gasteiger charge is -2.11. The molecule has 21 heavy (non-hydrogen) atoms. The quantitative estimate of drug-likeness (QED) is 0.599. The highest BCUT2D eigenvalue weighted by Gasteiger charge is 2.17. The van der Waals surface area contributed by atoms with Crippen molar-refractivity contribution in [2.24, 2.45) is 0 Å². The Kier molecular flexibility index (Phi) is 6.01. The van der Waals surface area contributed by atoms with Crippen molar-refractivity contribution in [3.05, 3.63) is 41.4 Å². The van der Waals surface area contributed by atoms with Crippen LogP contribution in [0.4, 0.5) is 0 Å². The molecule has 1 atom stereocenters. The minimum Gasteiger partial charge on any atom is -0.352 e. The van der Waals surface area contributed by atoms with Crippen molar-refractivity contribution in [1.29, 1.82) is 0 Å². The van der Waals surface area contributed by atoms with Crippen molar-refractivity contribution < 1.29 is 4.79 Å². The number of thioether (sulfide) groups is 1. The Hall–Kier alpha value is -1.60. The average Bonchev–Trinajstić information content (AvgIpc) is 3.13. The normalized spacial score (nSPS) is 12.0. The van der Waals surface area contributed by atoms with E-state index in [0.29, 0.717) is 6.54 Å². The zero-order chi connectivity index (χ0) is 15.1. The van der Waals surface area contributed by atoms with E-state index in [0.717, 1.165) is 18.1 Å². The topological polar surface area (TPSA) is 59.8 Å². The number of carbonyl (C=O) groups is 1. The maximum Gasteiger partial charge on any atom is 0.233 e. The molecule has 0 aliphatic heterocycles. The number of aromatic nitrogens is 3. The summed E-state index contributed by atoms with van der Waals surface area (Å²) in [4.78, 5) is 13.2. The second kappa shape index (κ2) is 7.99. The van der Waals surface area contributed by atoms with Crippen LogP contribution in [0.25, 0.3) is 0 Å². The van der Waals surface area contributed by atoms with Crippen LogP contribution < -0.4 is 5.32 Å². The Morgan fingerprint density at radius 2 is 2.52 bits per heavy atom. The predicted octanol–water partition coefficient (Wildman–Crippen LogP) is 2.37. The minimum atomic E-state index is -0.213. The van der Waals surface area contributed by atoms with Crippen molar-refractivity contribution in [2.75, 3.05) is 6.54 Å². The molecule has 1 unspecified atom stereocenters. The van der Waals surface area contributed by atoms with E-state index < -0.39 is 0 Å². The van der Waals surface area contributed by atoms with E-state index in [4.69, 9.17) is 0 Å². The summed E-state index contributed by atoms with van der Waals surface area (Å²) in [5.41, 5.74) is 0. The highest BCUT2D eigenvalue weighted by molar-refractivity contribution is 8.00. The van der Waals surface area contributed by atoms with Gasteiger partial charge in [0.05, 0.1) is 5.25 Å². The molecule has 0 spiro atoms. The third kappa shape index (κ3) is 4.71. The predicted molar refractivity (Wildman–Crippen MR) is 86.6 cm³/mol. The number of nitrogens with one attached hydrogen (secondary N) is 1. The Bertz CT molecular complexity index is 580. The van der Waals surface area contributed by atoms with Crippen molar-refractivity contribution >= 4 is 29.0 Å². The minimum absolute atomic E-state index is 0.0206. The SMILES string of the molecule is C=CCNC(=O)C(C)Sc1nncn1CCc1cccs1. The molecule has 0 fully saturated rings. The molecule has 0 aromatic carbocycles. The highest BCUT2D eigenvalue weighted by Crippen LogP contribution is 2.21. The van der Waals surface area contributed by atoms with Crippen LogP contribution in [0.5, 0.6) is 0 Å². The Morgan fingerprint density at radius 3 is 3.24 bits per heavy atom. The third-order valence-electron chi connectivity index (χ3n) is 2.83. The van der Waals surface area contributed by atoms with Gasteiger partial charge in [0.1, 0.15) is 6.33 Å². The molecular weight excluding hydrogens is 304 g/mol. The van der Waals surface area contributed by atoms with Gasteiger partial charge in [-0.05, 0) is 24.8 Å². The highest BCUT2D eigenvalue weighted by atomic mass is 32.2. The summed E-state index contributed by atoms with van der Waals surface area (Å²) in [5.74, 6) is -0.0206. The monoisotopic (exact) mass is 322 g/mol. The van der Waals surface area contributed by atoms with E-state index in [2.05, 4.69) is 33.5 Å². The van der Waals surface area contributed by atoms with Crippen LogP contribution in [0.3, 0.4) is 0 Å². The second-order valence-corrected chi connectivity index (χ2v) is 6.77. The Morgan fingerprint density at radius 1 is 1.67 bits per heavy atom. The molecule has 0 bridgehead atoms. The molecule has 1 amide bonds. The van der Waals surface area contributed by atoms with Gasteiger partial charge in [0, 0.05) is 18.0 Å². The lowest BCUT2D eigenvalue weighted by atomic mass is 10.3. The molecule has 2 aromatic heterocycles. The summed E-state index contributed by atoms with van der Waals surface area (Å²) in [7, 11) is 0. The van der Waals surface area contributed by atoms with Crippen molar-refractivity contribution in [1.82, 2.24) is 20.1 Å². The van der Waals surface area contributed by atoms with E-state index >= 15 is 0 Å². The van der Waals surface area contributed by atoms with Gasteiger partial charge in [0.2, 0.25) is 5.91 Å². The van der Waals surface area contributed by atoms with Gasteiger partial charge in [-0.2, -0.15) is 0 Å². The molecule has 0 aliphatic carbocycles. The van der Waals surface area contributed by atoms with E-state index in [1.807, 2.05) is 17.6 Å². The standard InChI is InChI=1S/C14H18N4OS2/c1-3-7-15-13(19)11(2)21-14-17-16-10-18(14)8-6-12-5-4-9-20-12/h3-5,9-11H,1,6-8H2,2H3,(H,15,19). The second-order valence-electron chi connectivity index (χ2n) is 4.43. The molecular formula is C14H18N4OS2. The van der Waals surface area contributed by atoms with E-state index in [-0.39, 0.29) is 11.2 Å². The fourth-order valence-electron chi connectivity index (χ4n) is 1.70. The fraction of sp³-hybridized carbons (Fsp3) is 0.357. The van der Waals surface area contributed by atoms with Crippen LogP contribution in [-0.2, 0) is 17.8 Å². The zero-order valence-corrected chi connectivity index (χ0v) is 13.5. The number of hydrogen-bond acceptors (Lipinski definition) is 5. The number of nitrogens with zero attached hydrogens (tertiary/aromatic N) is 3. The molecule has 0 aliphatic rings. The number of hydrogen-bond donors (Lipinski definition) is 1. The van der Waals surface area contributed by atoms with Crippen LogP contribution in [-0.4, -0.2) is 32.5 Å². The Balaban J connectivity index is 1.90. The molecule has 7 heteroatoms. The van der Waals surface area contributed by atoms with Crippen molar-refractivity contribution in [3.63, 3.8) is 0 Å². The third-order valence-corrected chi connectivity index (χ3v) is 4.86. The van der Waals surface area contributed by atoms with E-state index in [1.165, 1.54) is 16.6 Å². The molecule has 2 rings (SSSR count).